The van der Waals surface area contributed by atoms with E-state index in [4.69, 9.17) is 5.26 Å². The van der Waals surface area contributed by atoms with Crippen LogP contribution in [0.25, 0.3) is 6.08 Å². The molecule has 1 heterocycles. The quantitative estimate of drug-likeness (QED) is 0.790. The van der Waals surface area contributed by atoms with Crippen molar-refractivity contribution in [2.45, 2.75) is 0 Å². The molecule has 6 heteroatoms. The zero-order valence-corrected chi connectivity index (χ0v) is 9.29. The van der Waals surface area contributed by atoms with Gasteiger partial charge >= 0.3 is 0 Å². The van der Waals surface area contributed by atoms with Crippen LogP contribution in [0.4, 0.5) is 5.95 Å². The van der Waals surface area contributed by atoms with E-state index in [0.717, 1.165) is 5.56 Å². The second-order valence-corrected chi connectivity index (χ2v) is 3.39. The summed E-state index contributed by atoms with van der Waals surface area (Å²) in [5.41, 5.74) is 1.42. The zero-order chi connectivity index (χ0) is 12.8. The number of nitrogens with zero attached hydrogens (tertiary/aromatic N) is 3. The number of rotatable bonds is 3. The van der Waals surface area contributed by atoms with Crippen molar-refractivity contribution in [2.24, 2.45) is 0 Å². The Morgan fingerprint density at radius 3 is 2.78 bits per heavy atom. The molecule has 0 aliphatic heterocycles. The Kier molecular flexibility index (Phi) is 3.47. The molecular weight excluding hydrogens is 230 g/mol. The summed E-state index contributed by atoms with van der Waals surface area (Å²) in [5.74, 6) is -0.0133. The molecule has 6 nitrogen and oxygen atoms in total. The highest BCUT2D eigenvalue weighted by atomic mass is 16.1. The van der Waals surface area contributed by atoms with Crippen molar-refractivity contribution >= 4 is 17.9 Å². The molecule has 0 unspecified atom stereocenters. The summed E-state index contributed by atoms with van der Waals surface area (Å²) in [6, 6.07) is 8.92. The predicted molar refractivity (Wildman–Crippen MR) is 65.2 cm³/mol. The number of hydrogen-bond acceptors (Lipinski definition) is 4. The van der Waals surface area contributed by atoms with Gasteiger partial charge in [-0.15, -0.1) is 0 Å². The highest BCUT2D eigenvalue weighted by Crippen LogP contribution is 2.05. The highest BCUT2D eigenvalue weighted by Gasteiger charge is 1.99. The molecule has 0 radical (unpaired) electrons. The Bertz CT molecular complexity index is 592. The van der Waals surface area contributed by atoms with E-state index in [-0.39, 0.29) is 5.91 Å². The van der Waals surface area contributed by atoms with Crippen molar-refractivity contribution in [1.82, 2.24) is 15.2 Å². The highest BCUT2D eigenvalue weighted by molar-refractivity contribution is 6.00. The lowest BCUT2D eigenvalue weighted by atomic mass is 10.1. The minimum Gasteiger partial charge on any atom is -0.291 e. The fourth-order valence-electron chi connectivity index (χ4n) is 1.26. The van der Waals surface area contributed by atoms with Crippen LogP contribution in [0.15, 0.2) is 36.7 Å². The maximum absolute atomic E-state index is 11.5. The lowest BCUT2D eigenvalue weighted by Crippen LogP contribution is -2.08. The number of benzene rings is 1. The third kappa shape index (κ3) is 3.02. The number of anilines is 1. The molecule has 1 amide bonds. The van der Waals surface area contributed by atoms with Gasteiger partial charge in [0, 0.05) is 6.08 Å². The number of nitriles is 1. The fraction of sp³-hybridized carbons (Fsp3) is 0. The molecule has 0 aliphatic rings. The lowest BCUT2D eigenvalue weighted by molar-refractivity contribution is -0.111. The lowest BCUT2D eigenvalue weighted by Gasteiger charge is -1.95. The van der Waals surface area contributed by atoms with E-state index >= 15 is 0 Å². The van der Waals surface area contributed by atoms with Gasteiger partial charge in [-0.3, -0.25) is 10.1 Å². The number of H-pyrrole nitrogens is 1. The number of aromatic amines is 1. The topological polar surface area (TPSA) is 94.5 Å². The first-order valence-corrected chi connectivity index (χ1v) is 5.12. The molecule has 0 fully saturated rings. The summed E-state index contributed by atoms with van der Waals surface area (Å²) < 4.78 is 0. The smallest absolute Gasteiger partial charge is 0.250 e. The van der Waals surface area contributed by atoms with Gasteiger partial charge < -0.3 is 0 Å². The molecule has 2 N–H and O–H groups in total. The van der Waals surface area contributed by atoms with E-state index in [1.807, 2.05) is 6.07 Å². The maximum Gasteiger partial charge on any atom is 0.250 e. The van der Waals surface area contributed by atoms with Crippen LogP contribution < -0.4 is 5.32 Å². The average Bonchev–Trinajstić information content (AvgIpc) is 2.90. The largest absolute Gasteiger partial charge is 0.291 e. The Labute approximate surface area is 103 Å². The average molecular weight is 239 g/mol. The number of nitrogens with one attached hydrogen (secondary N) is 2. The number of aromatic nitrogens is 3. The van der Waals surface area contributed by atoms with E-state index < -0.39 is 0 Å². The molecule has 0 aliphatic carbocycles. The van der Waals surface area contributed by atoms with Gasteiger partial charge in [0.05, 0.1) is 11.6 Å². The Hall–Kier alpha value is -2.94. The van der Waals surface area contributed by atoms with Crippen LogP contribution >= 0.6 is 0 Å². The van der Waals surface area contributed by atoms with Crippen molar-refractivity contribution in [1.29, 1.82) is 5.26 Å². The van der Waals surface area contributed by atoms with Gasteiger partial charge in [-0.2, -0.15) is 15.3 Å². The molecule has 0 saturated heterocycles. The van der Waals surface area contributed by atoms with Crippen LogP contribution in [-0.2, 0) is 4.79 Å². The molecule has 0 atom stereocenters. The van der Waals surface area contributed by atoms with Crippen LogP contribution in [0.5, 0.6) is 0 Å². The van der Waals surface area contributed by atoms with Gasteiger partial charge in [-0.25, -0.2) is 5.10 Å². The molecule has 2 aromatic rings. The molecular formula is C12H9N5O. The van der Waals surface area contributed by atoms with Crippen molar-refractivity contribution < 1.29 is 4.79 Å². The van der Waals surface area contributed by atoms with Gasteiger partial charge in [0.25, 0.3) is 5.91 Å². The molecule has 0 saturated carbocycles. The summed E-state index contributed by atoms with van der Waals surface area (Å²) in [5, 5.41) is 17.3. The van der Waals surface area contributed by atoms with Gasteiger partial charge in [-0.05, 0) is 23.8 Å². The summed E-state index contributed by atoms with van der Waals surface area (Å²) in [6.07, 6.45) is 4.33. The summed E-state index contributed by atoms with van der Waals surface area (Å²) >= 11 is 0. The van der Waals surface area contributed by atoms with Crippen LogP contribution in [0, 0.1) is 11.3 Å². The molecule has 2 rings (SSSR count). The third-order valence-corrected chi connectivity index (χ3v) is 2.12. The van der Waals surface area contributed by atoms with Crippen LogP contribution in [0.1, 0.15) is 11.1 Å². The normalized spacial score (nSPS) is 10.2. The summed E-state index contributed by atoms with van der Waals surface area (Å²) in [6.45, 7) is 0. The van der Waals surface area contributed by atoms with E-state index in [0.29, 0.717) is 11.5 Å². The first kappa shape index (κ1) is 11.5. The number of amides is 1. The van der Waals surface area contributed by atoms with Gasteiger partial charge in [0.2, 0.25) is 5.95 Å². The first-order valence-electron chi connectivity index (χ1n) is 5.12. The van der Waals surface area contributed by atoms with E-state index in [1.165, 1.54) is 12.4 Å². The fourth-order valence-corrected chi connectivity index (χ4v) is 1.26. The van der Waals surface area contributed by atoms with E-state index in [9.17, 15) is 4.79 Å². The minimum atomic E-state index is -0.309. The number of hydrogen-bond donors (Lipinski definition) is 2. The molecule has 1 aromatic carbocycles. The van der Waals surface area contributed by atoms with Crippen molar-refractivity contribution in [2.75, 3.05) is 5.32 Å². The standard InChI is InChI=1S/C12H9N5O/c13-7-10-3-1-9(2-4-10)5-6-11(18)16-12-14-8-15-17-12/h1-6,8H,(H2,14,15,16,17,18). The van der Waals surface area contributed by atoms with E-state index in [2.05, 4.69) is 20.5 Å². The van der Waals surface area contributed by atoms with E-state index in [1.54, 1.807) is 30.3 Å². The zero-order valence-electron chi connectivity index (χ0n) is 9.29. The second-order valence-electron chi connectivity index (χ2n) is 3.39. The van der Waals surface area contributed by atoms with Gasteiger partial charge in [-0.1, -0.05) is 12.1 Å². The summed E-state index contributed by atoms with van der Waals surface area (Å²) in [4.78, 5) is 15.2. The summed E-state index contributed by atoms with van der Waals surface area (Å²) in [7, 11) is 0. The molecule has 18 heavy (non-hydrogen) atoms. The Morgan fingerprint density at radius 2 is 2.17 bits per heavy atom. The molecule has 1 aromatic heterocycles. The monoisotopic (exact) mass is 239 g/mol. The third-order valence-electron chi connectivity index (χ3n) is 2.12. The van der Waals surface area contributed by atoms with Gasteiger partial charge in [0.1, 0.15) is 6.33 Å². The molecule has 88 valence electrons. The second kappa shape index (κ2) is 5.41. The molecule has 0 spiro atoms. The van der Waals surface area contributed by atoms with Crippen LogP contribution in [0.2, 0.25) is 0 Å². The number of carbonyl (C=O) groups excluding carboxylic acids is 1. The van der Waals surface area contributed by atoms with Crippen molar-refractivity contribution in [3.63, 3.8) is 0 Å². The predicted octanol–water partition coefficient (Wildman–Crippen LogP) is 1.33. The number of carbonyl (C=O) groups is 1. The minimum absolute atomic E-state index is 0.296. The Morgan fingerprint density at radius 1 is 1.39 bits per heavy atom. The molecule has 0 bridgehead atoms. The first-order chi connectivity index (χ1) is 8.78. The maximum atomic E-state index is 11.5. The van der Waals surface area contributed by atoms with Crippen LogP contribution in [0.3, 0.4) is 0 Å². The van der Waals surface area contributed by atoms with Crippen molar-refractivity contribution in [3.05, 3.63) is 47.8 Å². The SMILES string of the molecule is N#Cc1ccc(C=CC(=O)Nc2ncn[nH]2)cc1. The van der Waals surface area contributed by atoms with Crippen molar-refractivity contribution in [3.8, 4) is 6.07 Å². The Balaban J connectivity index is 1.97. The van der Waals surface area contributed by atoms with Gasteiger partial charge in [0.15, 0.2) is 0 Å². The van der Waals surface area contributed by atoms with Crippen LogP contribution in [-0.4, -0.2) is 21.1 Å².